The van der Waals surface area contributed by atoms with Crippen molar-refractivity contribution in [2.24, 2.45) is 5.73 Å². The topological polar surface area (TPSA) is 92.5 Å². The van der Waals surface area contributed by atoms with Crippen LogP contribution in [-0.2, 0) is 4.79 Å². The minimum absolute atomic E-state index is 0.197. The van der Waals surface area contributed by atoms with Gasteiger partial charge in [0.15, 0.2) is 0 Å². The fraction of sp³-hybridized carbons (Fsp3) is 0.308. The molecule has 112 valence electrons. The van der Waals surface area contributed by atoms with Crippen molar-refractivity contribution in [2.45, 2.75) is 5.92 Å². The monoisotopic (exact) mass is 297 g/mol. The molecule has 0 aliphatic carbocycles. The summed E-state index contributed by atoms with van der Waals surface area (Å²) in [5.74, 6) is -5.30. The number of nitrogens with one attached hydrogen (secondary N) is 1. The molecule has 3 amide bonds. The van der Waals surface area contributed by atoms with E-state index >= 15 is 0 Å². The zero-order valence-electron chi connectivity index (χ0n) is 10.9. The minimum atomic E-state index is -3.22. The summed E-state index contributed by atoms with van der Waals surface area (Å²) in [4.78, 5) is 36.2. The Hall–Kier alpha value is -2.35. The van der Waals surface area contributed by atoms with E-state index in [1.807, 2.05) is 5.32 Å². The summed E-state index contributed by atoms with van der Waals surface area (Å²) in [6, 6.07) is 6.12. The van der Waals surface area contributed by atoms with Crippen molar-refractivity contribution < 1.29 is 23.2 Å². The normalized spacial score (nSPS) is 14.3. The standard InChI is InChI=1S/C13H13F2N3O3/c14-13(15,6-16)7-17-10(19)5-18-11(20)8-3-1-2-4-9(8)12(18)21/h1-4H,5-7,16H2,(H,17,19). The third kappa shape index (κ3) is 3.05. The molecule has 0 unspecified atom stereocenters. The van der Waals surface area contributed by atoms with Crippen LogP contribution in [0.2, 0.25) is 0 Å². The third-order valence-corrected chi connectivity index (χ3v) is 3.02. The van der Waals surface area contributed by atoms with Crippen LogP contribution < -0.4 is 11.1 Å². The summed E-state index contributed by atoms with van der Waals surface area (Å²) in [6.45, 7) is -2.45. The van der Waals surface area contributed by atoms with Gasteiger partial charge in [-0.1, -0.05) is 12.1 Å². The van der Waals surface area contributed by atoms with E-state index in [9.17, 15) is 23.2 Å². The lowest BCUT2D eigenvalue weighted by Crippen LogP contribution is -2.46. The maximum Gasteiger partial charge on any atom is 0.277 e. The lowest BCUT2D eigenvalue weighted by atomic mass is 10.1. The molecule has 1 aromatic rings. The van der Waals surface area contributed by atoms with Gasteiger partial charge >= 0.3 is 0 Å². The van der Waals surface area contributed by atoms with Crippen molar-refractivity contribution in [3.63, 3.8) is 0 Å². The van der Waals surface area contributed by atoms with Gasteiger partial charge in [-0.3, -0.25) is 19.3 Å². The molecule has 1 aliphatic rings. The van der Waals surface area contributed by atoms with Crippen LogP contribution in [0, 0.1) is 0 Å². The number of fused-ring (bicyclic) bond motifs is 1. The number of hydrogen-bond donors (Lipinski definition) is 2. The van der Waals surface area contributed by atoms with Crippen LogP contribution in [-0.4, -0.2) is 48.2 Å². The molecule has 1 heterocycles. The Balaban J connectivity index is 2.00. The summed E-state index contributed by atoms with van der Waals surface area (Å²) in [5.41, 5.74) is 5.23. The molecule has 0 spiro atoms. The van der Waals surface area contributed by atoms with Crippen molar-refractivity contribution in [1.29, 1.82) is 0 Å². The fourth-order valence-electron chi connectivity index (χ4n) is 1.88. The Bertz CT molecular complexity index is 569. The number of rotatable bonds is 5. The van der Waals surface area contributed by atoms with Gasteiger partial charge < -0.3 is 11.1 Å². The van der Waals surface area contributed by atoms with Gasteiger partial charge in [-0.2, -0.15) is 0 Å². The van der Waals surface area contributed by atoms with Gasteiger partial charge in [0.1, 0.15) is 6.54 Å². The van der Waals surface area contributed by atoms with Crippen molar-refractivity contribution in [2.75, 3.05) is 19.6 Å². The van der Waals surface area contributed by atoms with E-state index < -0.39 is 43.3 Å². The van der Waals surface area contributed by atoms with Gasteiger partial charge in [0.2, 0.25) is 5.91 Å². The van der Waals surface area contributed by atoms with Gasteiger partial charge in [-0.15, -0.1) is 0 Å². The predicted molar refractivity (Wildman–Crippen MR) is 68.8 cm³/mol. The zero-order chi connectivity index (χ0) is 15.6. The summed E-state index contributed by atoms with van der Waals surface area (Å²) in [6.07, 6.45) is 0. The minimum Gasteiger partial charge on any atom is -0.348 e. The van der Waals surface area contributed by atoms with Crippen LogP contribution in [0.25, 0.3) is 0 Å². The summed E-state index contributed by atoms with van der Waals surface area (Å²) in [5, 5.41) is 1.95. The molecule has 1 aromatic carbocycles. The smallest absolute Gasteiger partial charge is 0.277 e. The molecule has 0 saturated carbocycles. The Morgan fingerprint density at radius 2 is 1.71 bits per heavy atom. The second kappa shape index (κ2) is 5.57. The largest absolute Gasteiger partial charge is 0.348 e. The molecule has 1 aliphatic heterocycles. The molecule has 6 nitrogen and oxygen atoms in total. The van der Waals surface area contributed by atoms with E-state index in [-0.39, 0.29) is 11.1 Å². The van der Waals surface area contributed by atoms with Gasteiger partial charge in [-0.25, -0.2) is 8.78 Å². The van der Waals surface area contributed by atoms with Gasteiger partial charge in [0.25, 0.3) is 17.7 Å². The number of halogens is 2. The van der Waals surface area contributed by atoms with Crippen molar-refractivity contribution in [1.82, 2.24) is 10.2 Å². The Morgan fingerprint density at radius 3 is 2.19 bits per heavy atom. The highest BCUT2D eigenvalue weighted by Gasteiger charge is 2.36. The molecular formula is C13H13F2N3O3. The van der Waals surface area contributed by atoms with E-state index in [1.54, 1.807) is 12.1 Å². The highest BCUT2D eigenvalue weighted by molar-refractivity contribution is 6.22. The maximum absolute atomic E-state index is 12.9. The van der Waals surface area contributed by atoms with Gasteiger partial charge in [-0.05, 0) is 12.1 Å². The first kappa shape index (κ1) is 15.0. The highest BCUT2D eigenvalue weighted by Crippen LogP contribution is 2.21. The van der Waals surface area contributed by atoms with Crippen molar-refractivity contribution in [3.8, 4) is 0 Å². The van der Waals surface area contributed by atoms with E-state index in [0.29, 0.717) is 0 Å². The molecule has 3 N–H and O–H groups in total. The Kier molecular flexibility index (Phi) is 3.99. The van der Waals surface area contributed by atoms with E-state index in [2.05, 4.69) is 0 Å². The van der Waals surface area contributed by atoms with E-state index in [1.165, 1.54) is 12.1 Å². The number of alkyl halides is 2. The number of amides is 3. The van der Waals surface area contributed by atoms with Crippen LogP contribution in [0.4, 0.5) is 8.78 Å². The van der Waals surface area contributed by atoms with Crippen LogP contribution >= 0.6 is 0 Å². The SMILES string of the molecule is NCC(F)(F)CNC(=O)CN1C(=O)c2ccccc2C1=O. The predicted octanol–water partition coefficient (Wildman–Crippen LogP) is -0.00720. The third-order valence-electron chi connectivity index (χ3n) is 3.02. The molecule has 2 rings (SSSR count). The molecule has 0 fully saturated rings. The molecule has 0 aromatic heterocycles. The quantitative estimate of drug-likeness (QED) is 0.748. The summed E-state index contributed by atoms with van der Waals surface area (Å²) in [7, 11) is 0. The first-order chi connectivity index (χ1) is 9.85. The molecule has 0 radical (unpaired) electrons. The Labute approximate surface area is 118 Å². The average molecular weight is 297 g/mol. The number of nitrogens with zero attached hydrogens (tertiary/aromatic N) is 1. The van der Waals surface area contributed by atoms with Crippen LogP contribution in [0.5, 0.6) is 0 Å². The number of nitrogens with two attached hydrogens (primary N) is 1. The van der Waals surface area contributed by atoms with Crippen LogP contribution in [0.1, 0.15) is 20.7 Å². The molecule has 0 saturated heterocycles. The number of hydrogen-bond acceptors (Lipinski definition) is 4. The lowest BCUT2D eigenvalue weighted by molar-refractivity contribution is -0.123. The molecule has 8 heteroatoms. The summed E-state index contributed by atoms with van der Waals surface area (Å²) >= 11 is 0. The Morgan fingerprint density at radius 1 is 1.19 bits per heavy atom. The average Bonchev–Trinajstić information content (AvgIpc) is 2.71. The molecule has 0 bridgehead atoms. The molecular weight excluding hydrogens is 284 g/mol. The fourth-order valence-corrected chi connectivity index (χ4v) is 1.88. The van der Waals surface area contributed by atoms with E-state index in [4.69, 9.17) is 5.73 Å². The second-order valence-electron chi connectivity index (χ2n) is 4.58. The van der Waals surface area contributed by atoms with Crippen molar-refractivity contribution in [3.05, 3.63) is 35.4 Å². The van der Waals surface area contributed by atoms with Gasteiger partial charge in [0, 0.05) is 0 Å². The molecule has 0 atom stereocenters. The number of imide groups is 1. The first-order valence-corrected chi connectivity index (χ1v) is 6.15. The number of carbonyl (C=O) groups excluding carboxylic acids is 3. The molecule has 21 heavy (non-hydrogen) atoms. The van der Waals surface area contributed by atoms with E-state index in [0.717, 1.165) is 4.90 Å². The maximum atomic E-state index is 12.9. The first-order valence-electron chi connectivity index (χ1n) is 6.15. The summed E-state index contributed by atoms with van der Waals surface area (Å²) < 4.78 is 25.8. The number of carbonyl (C=O) groups is 3. The number of benzene rings is 1. The highest BCUT2D eigenvalue weighted by atomic mass is 19.3. The van der Waals surface area contributed by atoms with Crippen LogP contribution in [0.3, 0.4) is 0 Å². The van der Waals surface area contributed by atoms with Crippen LogP contribution in [0.15, 0.2) is 24.3 Å². The van der Waals surface area contributed by atoms with Gasteiger partial charge in [0.05, 0.1) is 24.2 Å². The lowest BCUT2D eigenvalue weighted by Gasteiger charge is -2.17. The van der Waals surface area contributed by atoms with Crippen molar-refractivity contribution >= 4 is 17.7 Å². The zero-order valence-corrected chi connectivity index (χ0v) is 10.9. The second-order valence-corrected chi connectivity index (χ2v) is 4.58.